The summed E-state index contributed by atoms with van der Waals surface area (Å²) >= 11 is 0. The van der Waals surface area contributed by atoms with Gasteiger partial charge in [0.2, 0.25) is 5.95 Å². The maximum absolute atomic E-state index is 12.2. The molecule has 0 amide bonds. The lowest BCUT2D eigenvalue weighted by Crippen LogP contribution is -2.36. The summed E-state index contributed by atoms with van der Waals surface area (Å²) in [5.41, 5.74) is 9.50. The SMILES string of the molecule is COc1ccc(Cn2cccc2CN2CCc3nc(N)[nH]c(=O)c3C2)cc1. The zero-order valence-electron chi connectivity index (χ0n) is 15.3. The van der Waals surface area contributed by atoms with Gasteiger partial charge in [-0.1, -0.05) is 12.1 Å². The molecule has 4 rings (SSSR count). The number of benzene rings is 1. The molecule has 0 radical (unpaired) electrons. The van der Waals surface area contributed by atoms with Crippen LogP contribution in [-0.2, 0) is 26.1 Å². The van der Waals surface area contributed by atoms with Crippen LogP contribution in [0, 0.1) is 0 Å². The smallest absolute Gasteiger partial charge is 0.257 e. The number of fused-ring (bicyclic) bond motifs is 1. The van der Waals surface area contributed by atoms with Crippen LogP contribution in [0.5, 0.6) is 5.75 Å². The number of hydrogen-bond donors (Lipinski definition) is 2. The van der Waals surface area contributed by atoms with Crippen molar-refractivity contribution in [1.29, 1.82) is 0 Å². The molecule has 0 spiro atoms. The molecule has 140 valence electrons. The molecule has 0 atom stereocenters. The standard InChI is InChI=1S/C20H23N5O2/c1-27-16-6-4-14(5-7-16)11-25-9-2-3-15(25)12-24-10-8-18-17(13-24)19(26)23-20(21)22-18/h2-7,9H,8,10-13H2,1H3,(H3,21,22,23,26). The number of hydrogen-bond acceptors (Lipinski definition) is 5. The Morgan fingerprint density at radius 1 is 1.22 bits per heavy atom. The molecule has 0 bridgehead atoms. The number of anilines is 1. The summed E-state index contributed by atoms with van der Waals surface area (Å²) in [5.74, 6) is 1.05. The van der Waals surface area contributed by atoms with Crippen molar-refractivity contribution in [2.75, 3.05) is 19.4 Å². The number of aromatic amines is 1. The molecular weight excluding hydrogens is 342 g/mol. The largest absolute Gasteiger partial charge is 0.497 e. The number of H-pyrrole nitrogens is 1. The first-order valence-corrected chi connectivity index (χ1v) is 8.99. The number of nitrogens with one attached hydrogen (secondary N) is 1. The van der Waals surface area contributed by atoms with Crippen LogP contribution in [0.3, 0.4) is 0 Å². The van der Waals surface area contributed by atoms with Gasteiger partial charge in [-0.2, -0.15) is 0 Å². The van der Waals surface area contributed by atoms with E-state index in [4.69, 9.17) is 10.5 Å². The quantitative estimate of drug-likeness (QED) is 0.719. The molecule has 3 N–H and O–H groups in total. The van der Waals surface area contributed by atoms with E-state index < -0.39 is 0 Å². The van der Waals surface area contributed by atoms with E-state index in [0.29, 0.717) is 6.54 Å². The van der Waals surface area contributed by atoms with Crippen LogP contribution in [0.2, 0.25) is 0 Å². The second kappa shape index (κ2) is 7.28. The number of nitrogen functional groups attached to an aromatic ring is 1. The number of methoxy groups -OCH3 is 1. The van der Waals surface area contributed by atoms with Gasteiger partial charge in [-0.15, -0.1) is 0 Å². The van der Waals surface area contributed by atoms with Crippen molar-refractivity contribution < 1.29 is 4.74 Å². The van der Waals surface area contributed by atoms with Gasteiger partial charge in [0.05, 0.1) is 18.4 Å². The minimum absolute atomic E-state index is 0.129. The molecule has 1 aromatic carbocycles. The van der Waals surface area contributed by atoms with E-state index in [2.05, 4.69) is 49.9 Å². The lowest BCUT2D eigenvalue weighted by molar-refractivity contribution is 0.236. The van der Waals surface area contributed by atoms with Crippen molar-refractivity contribution in [1.82, 2.24) is 19.4 Å². The molecule has 1 aliphatic heterocycles. The third-order valence-electron chi connectivity index (χ3n) is 4.99. The monoisotopic (exact) mass is 365 g/mol. The summed E-state index contributed by atoms with van der Waals surface area (Å²) in [5, 5.41) is 0. The van der Waals surface area contributed by atoms with Gasteiger partial charge in [-0.05, 0) is 29.8 Å². The molecule has 2 aromatic heterocycles. The van der Waals surface area contributed by atoms with Crippen LogP contribution in [-0.4, -0.2) is 33.1 Å². The summed E-state index contributed by atoms with van der Waals surface area (Å²) in [7, 11) is 1.67. The molecule has 7 nitrogen and oxygen atoms in total. The normalized spacial score (nSPS) is 14.1. The summed E-state index contributed by atoms with van der Waals surface area (Å²) in [6, 6.07) is 12.3. The number of nitrogens with zero attached hydrogens (tertiary/aromatic N) is 3. The zero-order chi connectivity index (χ0) is 18.8. The fourth-order valence-corrected chi connectivity index (χ4v) is 3.54. The van der Waals surface area contributed by atoms with E-state index in [0.717, 1.165) is 43.1 Å². The summed E-state index contributed by atoms with van der Waals surface area (Å²) < 4.78 is 7.46. The summed E-state index contributed by atoms with van der Waals surface area (Å²) in [6.45, 7) is 3.03. The van der Waals surface area contributed by atoms with Gasteiger partial charge in [-0.3, -0.25) is 14.7 Å². The first-order chi connectivity index (χ1) is 13.1. The average Bonchev–Trinajstić information content (AvgIpc) is 3.09. The van der Waals surface area contributed by atoms with Gasteiger partial charge < -0.3 is 15.0 Å². The fraction of sp³-hybridized carbons (Fsp3) is 0.300. The molecule has 3 aromatic rings. The minimum atomic E-state index is -0.129. The van der Waals surface area contributed by atoms with Crippen LogP contribution in [0.1, 0.15) is 22.5 Å². The highest BCUT2D eigenvalue weighted by atomic mass is 16.5. The molecular formula is C20H23N5O2. The Kier molecular flexibility index (Phi) is 4.68. The van der Waals surface area contributed by atoms with E-state index in [1.165, 1.54) is 11.3 Å². The second-order valence-electron chi connectivity index (χ2n) is 6.81. The van der Waals surface area contributed by atoms with E-state index in [9.17, 15) is 4.79 Å². The summed E-state index contributed by atoms with van der Waals surface area (Å²) in [4.78, 5) is 21.3. The zero-order valence-corrected chi connectivity index (χ0v) is 15.3. The third kappa shape index (κ3) is 3.73. The Hall–Kier alpha value is -3.06. The van der Waals surface area contributed by atoms with Crippen molar-refractivity contribution in [2.24, 2.45) is 0 Å². The number of ether oxygens (including phenoxy) is 1. The molecule has 27 heavy (non-hydrogen) atoms. The highest BCUT2D eigenvalue weighted by Gasteiger charge is 2.21. The maximum Gasteiger partial charge on any atom is 0.257 e. The Balaban J connectivity index is 1.48. The topological polar surface area (TPSA) is 89.2 Å². The predicted molar refractivity (Wildman–Crippen MR) is 104 cm³/mol. The molecule has 0 unspecified atom stereocenters. The fourth-order valence-electron chi connectivity index (χ4n) is 3.54. The Bertz CT molecular complexity index is 990. The van der Waals surface area contributed by atoms with Crippen molar-refractivity contribution >= 4 is 5.95 Å². The first-order valence-electron chi connectivity index (χ1n) is 8.99. The highest BCUT2D eigenvalue weighted by Crippen LogP contribution is 2.18. The summed E-state index contributed by atoms with van der Waals surface area (Å²) in [6.07, 6.45) is 2.83. The maximum atomic E-state index is 12.2. The van der Waals surface area contributed by atoms with E-state index in [1.807, 2.05) is 12.1 Å². The van der Waals surface area contributed by atoms with Crippen LogP contribution in [0.15, 0.2) is 47.4 Å². The Labute approximate surface area is 157 Å². The Morgan fingerprint density at radius 3 is 2.81 bits per heavy atom. The third-order valence-corrected chi connectivity index (χ3v) is 4.99. The van der Waals surface area contributed by atoms with Gasteiger partial charge in [-0.25, -0.2) is 4.98 Å². The molecule has 0 fully saturated rings. The lowest BCUT2D eigenvalue weighted by Gasteiger charge is -2.28. The number of rotatable bonds is 5. The van der Waals surface area contributed by atoms with Gasteiger partial charge in [0.15, 0.2) is 0 Å². The van der Waals surface area contributed by atoms with Crippen LogP contribution < -0.4 is 16.0 Å². The van der Waals surface area contributed by atoms with E-state index >= 15 is 0 Å². The predicted octanol–water partition coefficient (Wildman–Crippen LogP) is 1.77. The van der Waals surface area contributed by atoms with Gasteiger partial charge in [0.25, 0.3) is 5.56 Å². The minimum Gasteiger partial charge on any atom is -0.497 e. The number of nitrogens with two attached hydrogens (primary N) is 1. The van der Waals surface area contributed by atoms with Crippen molar-refractivity contribution in [3.63, 3.8) is 0 Å². The van der Waals surface area contributed by atoms with E-state index in [-0.39, 0.29) is 11.5 Å². The van der Waals surface area contributed by atoms with Crippen molar-refractivity contribution in [3.8, 4) is 5.75 Å². The molecule has 3 heterocycles. The van der Waals surface area contributed by atoms with Crippen molar-refractivity contribution in [3.05, 3.63) is 75.5 Å². The van der Waals surface area contributed by atoms with Gasteiger partial charge in [0.1, 0.15) is 5.75 Å². The molecule has 0 saturated carbocycles. The molecule has 1 aliphatic rings. The lowest BCUT2D eigenvalue weighted by atomic mass is 10.1. The second-order valence-corrected chi connectivity index (χ2v) is 6.81. The van der Waals surface area contributed by atoms with E-state index in [1.54, 1.807) is 7.11 Å². The number of aromatic nitrogens is 3. The van der Waals surface area contributed by atoms with Crippen LogP contribution in [0.25, 0.3) is 0 Å². The molecule has 0 aliphatic carbocycles. The van der Waals surface area contributed by atoms with Gasteiger partial charge >= 0.3 is 0 Å². The van der Waals surface area contributed by atoms with Crippen LogP contribution >= 0.6 is 0 Å². The first kappa shape index (κ1) is 17.4. The van der Waals surface area contributed by atoms with Gasteiger partial charge in [0, 0.05) is 44.5 Å². The highest BCUT2D eigenvalue weighted by molar-refractivity contribution is 5.29. The van der Waals surface area contributed by atoms with Crippen molar-refractivity contribution in [2.45, 2.75) is 26.1 Å². The Morgan fingerprint density at radius 2 is 2.04 bits per heavy atom. The molecule has 7 heteroatoms. The molecule has 0 saturated heterocycles. The average molecular weight is 365 g/mol. The van der Waals surface area contributed by atoms with Crippen LogP contribution in [0.4, 0.5) is 5.95 Å².